The molecule has 0 atom stereocenters. The normalized spacial score (nSPS) is 13.8. The lowest BCUT2D eigenvalue weighted by Crippen LogP contribution is -2.31. The van der Waals surface area contributed by atoms with Crippen LogP contribution in [-0.4, -0.2) is 23.7 Å². The SMILES string of the molecule is OB(O)c1cccc2c1NCC2. The molecule has 0 aliphatic carbocycles. The third-order valence-corrected chi connectivity index (χ3v) is 2.16. The zero-order valence-electron chi connectivity index (χ0n) is 6.62. The minimum absolute atomic E-state index is 0.574. The van der Waals surface area contributed by atoms with E-state index in [1.807, 2.05) is 12.1 Å². The van der Waals surface area contributed by atoms with E-state index >= 15 is 0 Å². The minimum atomic E-state index is -1.37. The highest BCUT2D eigenvalue weighted by Gasteiger charge is 2.20. The summed E-state index contributed by atoms with van der Waals surface area (Å²) in [5.41, 5.74) is 2.64. The van der Waals surface area contributed by atoms with Crippen LogP contribution in [0.2, 0.25) is 0 Å². The summed E-state index contributed by atoms with van der Waals surface area (Å²) in [4.78, 5) is 0. The highest BCUT2D eigenvalue weighted by Crippen LogP contribution is 2.19. The second kappa shape index (κ2) is 2.81. The van der Waals surface area contributed by atoms with Gasteiger partial charge in [-0.25, -0.2) is 0 Å². The average molecular weight is 163 g/mol. The van der Waals surface area contributed by atoms with Gasteiger partial charge < -0.3 is 15.4 Å². The number of para-hydroxylation sites is 1. The smallest absolute Gasteiger partial charge is 0.423 e. The third kappa shape index (κ3) is 1.09. The molecule has 0 fully saturated rings. The van der Waals surface area contributed by atoms with Gasteiger partial charge in [0.2, 0.25) is 0 Å². The van der Waals surface area contributed by atoms with Gasteiger partial charge in [-0.15, -0.1) is 0 Å². The van der Waals surface area contributed by atoms with E-state index in [4.69, 9.17) is 10.0 Å². The predicted molar refractivity (Wildman–Crippen MR) is 48.5 cm³/mol. The largest absolute Gasteiger partial charge is 0.490 e. The maximum atomic E-state index is 9.00. The topological polar surface area (TPSA) is 52.5 Å². The third-order valence-electron chi connectivity index (χ3n) is 2.16. The second-order valence-electron chi connectivity index (χ2n) is 2.93. The van der Waals surface area contributed by atoms with E-state index in [1.165, 1.54) is 5.56 Å². The molecule has 1 aliphatic rings. The molecule has 0 amide bonds. The molecular weight excluding hydrogens is 153 g/mol. The molecule has 1 heterocycles. The van der Waals surface area contributed by atoms with Crippen molar-refractivity contribution in [3.05, 3.63) is 23.8 Å². The highest BCUT2D eigenvalue weighted by molar-refractivity contribution is 6.60. The van der Waals surface area contributed by atoms with E-state index in [0.717, 1.165) is 18.7 Å². The van der Waals surface area contributed by atoms with Crippen molar-refractivity contribution in [1.82, 2.24) is 0 Å². The molecule has 0 saturated heterocycles. The van der Waals surface area contributed by atoms with Crippen LogP contribution in [0.1, 0.15) is 5.56 Å². The van der Waals surface area contributed by atoms with Crippen LogP contribution < -0.4 is 10.8 Å². The first-order valence-electron chi connectivity index (χ1n) is 4.01. The van der Waals surface area contributed by atoms with Crippen LogP contribution in [0.4, 0.5) is 5.69 Å². The number of hydrogen-bond acceptors (Lipinski definition) is 3. The molecule has 0 spiro atoms. The first-order chi connectivity index (χ1) is 5.79. The molecule has 1 aliphatic heterocycles. The van der Waals surface area contributed by atoms with Crippen LogP contribution in [0.25, 0.3) is 0 Å². The van der Waals surface area contributed by atoms with Gasteiger partial charge in [0.25, 0.3) is 0 Å². The first kappa shape index (κ1) is 7.64. The number of benzene rings is 1. The average Bonchev–Trinajstić information content (AvgIpc) is 2.49. The van der Waals surface area contributed by atoms with Crippen molar-refractivity contribution >= 4 is 18.3 Å². The molecule has 0 radical (unpaired) electrons. The Morgan fingerprint density at radius 1 is 1.33 bits per heavy atom. The molecule has 1 aromatic carbocycles. The fourth-order valence-electron chi connectivity index (χ4n) is 1.58. The number of anilines is 1. The summed E-state index contributed by atoms with van der Waals surface area (Å²) in [7, 11) is -1.37. The summed E-state index contributed by atoms with van der Waals surface area (Å²) < 4.78 is 0. The molecule has 3 nitrogen and oxygen atoms in total. The summed E-state index contributed by atoms with van der Waals surface area (Å²) in [6.07, 6.45) is 0.968. The Bertz CT molecular complexity index is 301. The minimum Gasteiger partial charge on any atom is -0.423 e. The van der Waals surface area contributed by atoms with Gasteiger partial charge in [0, 0.05) is 17.7 Å². The van der Waals surface area contributed by atoms with E-state index in [0.29, 0.717) is 5.46 Å². The number of fused-ring (bicyclic) bond motifs is 1. The molecule has 0 saturated carbocycles. The van der Waals surface area contributed by atoms with E-state index in [-0.39, 0.29) is 0 Å². The maximum absolute atomic E-state index is 9.00. The summed E-state index contributed by atoms with van der Waals surface area (Å²) >= 11 is 0. The Labute approximate surface area is 71.2 Å². The Morgan fingerprint density at radius 3 is 2.92 bits per heavy atom. The monoisotopic (exact) mass is 163 g/mol. The van der Waals surface area contributed by atoms with Crippen molar-refractivity contribution in [2.75, 3.05) is 11.9 Å². The van der Waals surface area contributed by atoms with Crippen LogP contribution in [0.5, 0.6) is 0 Å². The summed E-state index contributed by atoms with van der Waals surface area (Å²) in [5.74, 6) is 0. The molecule has 2 rings (SSSR count). The summed E-state index contributed by atoms with van der Waals surface area (Å²) in [6, 6.07) is 5.57. The van der Waals surface area contributed by atoms with Crippen molar-refractivity contribution in [3.63, 3.8) is 0 Å². The van der Waals surface area contributed by atoms with Gasteiger partial charge in [0.1, 0.15) is 0 Å². The molecule has 3 N–H and O–H groups in total. The van der Waals surface area contributed by atoms with Gasteiger partial charge in [-0.2, -0.15) is 0 Å². The summed E-state index contributed by atoms with van der Waals surface area (Å²) in [6.45, 7) is 0.888. The standard InChI is InChI=1S/C8H10BNO2/c11-9(12)7-3-1-2-6-4-5-10-8(6)7/h1-3,10-12H,4-5H2. The van der Waals surface area contributed by atoms with Gasteiger partial charge in [-0.05, 0) is 12.0 Å². The quantitative estimate of drug-likeness (QED) is 0.481. The highest BCUT2D eigenvalue weighted by atomic mass is 16.4. The lowest BCUT2D eigenvalue weighted by atomic mass is 9.78. The fourth-order valence-corrected chi connectivity index (χ4v) is 1.58. The number of hydrogen-bond donors (Lipinski definition) is 3. The first-order valence-corrected chi connectivity index (χ1v) is 4.01. The molecule has 0 unspecified atom stereocenters. The van der Waals surface area contributed by atoms with Gasteiger partial charge in [-0.1, -0.05) is 18.2 Å². The molecular formula is C8H10BNO2. The lowest BCUT2D eigenvalue weighted by Gasteiger charge is -2.06. The molecule has 12 heavy (non-hydrogen) atoms. The second-order valence-corrected chi connectivity index (χ2v) is 2.93. The van der Waals surface area contributed by atoms with Crippen molar-refractivity contribution in [2.45, 2.75) is 6.42 Å². The zero-order valence-corrected chi connectivity index (χ0v) is 6.62. The Balaban J connectivity index is 2.49. The van der Waals surface area contributed by atoms with Crippen molar-refractivity contribution in [1.29, 1.82) is 0 Å². The van der Waals surface area contributed by atoms with Crippen molar-refractivity contribution < 1.29 is 10.0 Å². The van der Waals surface area contributed by atoms with E-state index in [2.05, 4.69) is 5.32 Å². The van der Waals surface area contributed by atoms with Crippen LogP contribution in [0, 0.1) is 0 Å². The Kier molecular flexibility index (Phi) is 1.79. The van der Waals surface area contributed by atoms with Gasteiger partial charge >= 0.3 is 7.12 Å². The fraction of sp³-hybridized carbons (Fsp3) is 0.250. The molecule has 1 aromatic rings. The van der Waals surface area contributed by atoms with Crippen LogP contribution in [-0.2, 0) is 6.42 Å². The van der Waals surface area contributed by atoms with Crippen LogP contribution in [0.3, 0.4) is 0 Å². The molecule has 0 aromatic heterocycles. The Morgan fingerprint density at radius 2 is 2.17 bits per heavy atom. The predicted octanol–water partition coefficient (Wildman–Crippen LogP) is -0.666. The number of rotatable bonds is 1. The summed E-state index contributed by atoms with van der Waals surface area (Å²) in [5, 5.41) is 21.1. The Hall–Kier alpha value is -0.995. The van der Waals surface area contributed by atoms with Gasteiger partial charge in [-0.3, -0.25) is 0 Å². The van der Waals surface area contributed by atoms with Crippen molar-refractivity contribution in [2.24, 2.45) is 0 Å². The van der Waals surface area contributed by atoms with E-state index in [1.54, 1.807) is 6.07 Å². The number of nitrogens with one attached hydrogen (secondary N) is 1. The van der Waals surface area contributed by atoms with Crippen LogP contribution in [0.15, 0.2) is 18.2 Å². The molecule has 4 heteroatoms. The molecule has 0 bridgehead atoms. The lowest BCUT2D eigenvalue weighted by molar-refractivity contribution is 0.426. The van der Waals surface area contributed by atoms with E-state index < -0.39 is 7.12 Å². The van der Waals surface area contributed by atoms with E-state index in [9.17, 15) is 0 Å². The van der Waals surface area contributed by atoms with Gasteiger partial charge in [0.15, 0.2) is 0 Å². The van der Waals surface area contributed by atoms with Crippen LogP contribution >= 0.6 is 0 Å². The zero-order chi connectivity index (χ0) is 8.55. The van der Waals surface area contributed by atoms with Crippen molar-refractivity contribution in [3.8, 4) is 0 Å². The molecule has 62 valence electrons. The maximum Gasteiger partial charge on any atom is 0.490 e. The van der Waals surface area contributed by atoms with Gasteiger partial charge in [0.05, 0.1) is 0 Å².